The zero-order valence-electron chi connectivity index (χ0n) is 11.2. The Labute approximate surface area is 103 Å². The zero-order chi connectivity index (χ0) is 12.8. The number of hydrogen-bond donors (Lipinski definition) is 1. The van der Waals surface area contributed by atoms with Crippen molar-refractivity contribution in [2.75, 3.05) is 5.73 Å². The first kappa shape index (κ1) is 12.5. The van der Waals surface area contributed by atoms with Crippen LogP contribution in [-0.4, -0.2) is 18.3 Å². The molecule has 3 nitrogen and oxygen atoms in total. The predicted molar refractivity (Wildman–Crippen MR) is 71.3 cm³/mol. The maximum atomic E-state index is 6.01. The van der Waals surface area contributed by atoms with Gasteiger partial charge in [-0.1, -0.05) is 6.07 Å². The Kier molecular flexibility index (Phi) is 2.75. The van der Waals surface area contributed by atoms with E-state index in [0.29, 0.717) is 0 Å². The molecular weight excluding hydrogens is 213 g/mol. The van der Waals surface area contributed by atoms with Crippen LogP contribution in [0.5, 0.6) is 0 Å². The molecule has 1 aromatic rings. The highest BCUT2D eigenvalue weighted by atomic mass is 16.7. The van der Waals surface area contributed by atoms with Gasteiger partial charge in [0.2, 0.25) is 0 Å². The van der Waals surface area contributed by atoms with Gasteiger partial charge in [0.25, 0.3) is 0 Å². The summed E-state index contributed by atoms with van der Waals surface area (Å²) in [6.45, 7) is 10.2. The molecule has 1 heterocycles. The van der Waals surface area contributed by atoms with Crippen molar-refractivity contribution in [2.24, 2.45) is 0 Å². The molecule has 1 fully saturated rings. The van der Waals surface area contributed by atoms with Gasteiger partial charge in [0.1, 0.15) is 0 Å². The van der Waals surface area contributed by atoms with Gasteiger partial charge in [-0.15, -0.1) is 0 Å². The molecule has 1 aromatic carbocycles. The molecule has 2 rings (SSSR count). The first-order valence-electron chi connectivity index (χ1n) is 5.95. The molecular formula is C13H20BNO2. The average molecular weight is 233 g/mol. The monoisotopic (exact) mass is 233 g/mol. The van der Waals surface area contributed by atoms with E-state index in [9.17, 15) is 0 Å². The Bertz CT molecular complexity index is 427. The van der Waals surface area contributed by atoms with Gasteiger partial charge >= 0.3 is 7.12 Å². The summed E-state index contributed by atoms with van der Waals surface area (Å²) in [5.74, 6) is 0. The minimum absolute atomic E-state index is 0.300. The summed E-state index contributed by atoms with van der Waals surface area (Å²) >= 11 is 0. The highest BCUT2D eigenvalue weighted by molar-refractivity contribution is 6.62. The summed E-state index contributed by atoms with van der Waals surface area (Å²) in [6.07, 6.45) is 0. The number of hydrogen-bond acceptors (Lipinski definition) is 3. The lowest BCUT2D eigenvalue weighted by Crippen LogP contribution is -2.41. The fourth-order valence-electron chi connectivity index (χ4n) is 1.93. The number of rotatable bonds is 1. The van der Waals surface area contributed by atoms with Crippen LogP contribution in [0, 0.1) is 6.92 Å². The summed E-state index contributed by atoms with van der Waals surface area (Å²) in [7, 11) is -0.305. The lowest BCUT2D eigenvalue weighted by molar-refractivity contribution is 0.00578. The van der Waals surface area contributed by atoms with Crippen molar-refractivity contribution in [1.82, 2.24) is 0 Å². The number of anilines is 1. The number of benzene rings is 1. The molecule has 0 spiro atoms. The van der Waals surface area contributed by atoms with Gasteiger partial charge in [-0.3, -0.25) is 0 Å². The molecule has 0 saturated carbocycles. The Morgan fingerprint density at radius 2 is 1.59 bits per heavy atom. The fraction of sp³-hybridized carbons (Fsp3) is 0.538. The van der Waals surface area contributed by atoms with Crippen molar-refractivity contribution in [1.29, 1.82) is 0 Å². The Morgan fingerprint density at radius 1 is 1.06 bits per heavy atom. The van der Waals surface area contributed by atoms with Crippen LogP contribution >= 0.6 is 0 Å². The average Bonchev–Trinajstić information content (AvgIpc) is 2.35. The van der Waals surface area contributed by atoms with Crippen molar-refractivity contribution in [3.63, 3.8) is 0 Å². The molecule has 92 valence electrons. The van der Waals surface area contributed by atoms with Crippen LogP contribution in [0.4, 0.5) is 5.69 Å². The van der Waals surface area contributed by atoms with Gasteiger partial charge < -0.3 is 15.0 Å². The summed E-state index contributed by atoms with van der Waals surface area (Å²) in [4.78, 5) is 0. The molecule has 1 aliphatic rings. The number of aryl methyl sites for hydroxylation is 1. The van der Waals surface area contributed by atoms with Crippen molar-refractivity contribution < 1.29 is 9.31 Å². The summed E-state index contributed by atoms with van der Waals surface area (Å²) in [5, 5.41) is 0. The highest BCUT2D eigenvalue weighted by Crippen LogP contribution is 2.36. The van der Waals surface area contributed by atoms with E-state index in [4.69, 9.17) is 15.0 Å². The van der Waals surface area contributed by atoms with E-state index in [-0.39, 0.29) is 18.3 Å². The van der Waals surface area contributed by atoms with E-state index < -0.39 is 0 Å². The van der Waals surface area contributed by atoms with Crippen molar-refractivity contribution in [3.05, 3.63) is 23.8 Å². The van der Waals surface area contributed by atoms with Crippen LogP contribution in [0.1, 0.15) is 33.3 Å². The second kappa shape index (κ2) is 3.75. The van der Waals surface area contributed by atoms with Gasteiger partial charge in [-0.05, 0) is 57.8 Å². The Hall–Kier alpha value is -0.995. The van der Waals surface area contributed by atoms with Gasteiger partial charge in [-0.2, -0.15) is 0 Å². The SMILES string of the molecule is Cc1cc(N)ccc1B1OC(C)(C)C(C)(C)O1. The van der Waals surface area contributed by atoms with E-state index >= 15 is 0 Å². The standard InChI is InChI=1S/C13H20BNO2/c1-9-8-10(15)6-7-11(9)14-16-12(2,3)13(4,5)17-14/h6-8H,15H2,1-5H3. The lowest BCUT2D eigenvalue weighted by Gasteiger charge is -2.32. The molecule has 0 unspecified atom stereocenters. The first-order chi connectivity index (χ1) is 7.73. The molecule has 0 bridgehead atoms. The molecule has 2 N–H and O–H groups in total. The fourth-order valence-corrected chi connectivity index (χ4v) is 1.93. The van der Waals surface area contributed by atoms with Gasteiger partial charge in [0.05, 0.1) is 11.2 Å². The van der Waals surface area contributed by atoms with E-state index in [1.165, 1.54) is 0 Å². The van der Waals surface area contributed by atoms with Gasteiger partial charge in [0.15, 0.2) is 0 Å². The number of nitrogens with two attached hydrogens (primary N) is 1. The van der Waals surface area contributed by atoms with Crippen LogP contribution in [0.15, 0.2) is 18.2 Å². The van der Waals surface area contributed by atoms with Crippen LogP contribution < -0.4 is 11.2 Å². The molecule has 0 atom stereocenters. The Morgan fingerprint density at radius 3 is 2.06 bits per heavy atom. The third kappa shape index (κ3) is 2.07. The largest absolute Gasteiger partial charge is 0.495 e. The summed E-state index contributed by atoms with van der Waals surface area (Å²) in [6, 6.07) is 5.81. The smallest absolute Gasteiger partial charge is 0.399 e. The zero-order valence-corrected chi connectivity index (χ0v) is 11.2. The highest BCUT2D eigenvalue weighted by Gasteiger charge is 2.51. The normalized spacial score (nSPS) is 21.8. The molecule has 1 saturated heterocycles. The van der Waals surface area contributed by atoms with E-state index in [2.05, 4.69) is 27.7 Å². The molecule has 0 aromatic heterocycles. The molecule has 0 radical (unpaired) electrons. The molecule has 4 heteroatoms. The van der Waals surface area contributed by atoms with E-state index in [0.717, 1.165) is 16.7 Å². The van der Waals surface area contributed by atoms with Crippen molar-refractivity contribution in [3.8, 4) is 0 Å². The van der Waals surface area contributed by atoms with E-state index in [1.54, 1.807) is 0 Å². The minimum atomic E-state index is -0.305. The molecule has 17 heavy (non-hydrogen) atoms. The predicted octanol–water partition coefficient (Wildman–Crippen LogP) is 1.88. The third-order valence-corrected chi connectivity index (χ3v) is 3.80. The third-order valence-electron chi connectivity index (χ3n) is 3.80. The lowest BCUT2D eigenvalue weighted by atomic mass is 9.76. The van der Waals surface area contributed by atoms with Gasteiger partial charge in [0, 0.05) is 5.69 Å². The second-order valence-electron chi connectivity index (χ2n) is 5.70. The maximum Gasteiger partial charge on any atom is 0.495 e. The van der Waals surface area contributed by atoms with Gasteiger partial charge in [-0.25, -0.2) is 0 Å². The quantitative estimate of drug-likeness (QED) is 0.595. The molecule has 1 aliphatic heterocycles. The summed E-state index contributed by atoms with van der Waals surface area (Å²) < 4.78 is 12.0. The van der Waals surface area contributed by atoms with E-state index in [1.807, 2.05) is 25.1 Å². The number of nitrogen functional groups attached to an aromatic ring is 1. The van der Waals surface area contributed by atoms with Crippen LogP contribution in [0.25, 0.3) is 0 Å². The van der Waals surface area contributed by atoms with Crippen molar-refractivity contribution >= 4 is 18.3 Å². The maximum absolute atomic E-state index is 6.01. The van der Waals surface area contributed by atoms with Crippen molar-refractivity contribution in [2.45, 2.75) is 45.8 Å². The molecule has 0 amide bonds. The summed E-state index contributed by atoms with van der Waals surface area (Å²) in [5.41, 5.74) is 8.07. The van der Waals surface area contributed by atoms with Crippen LogP contribution in [0.3, 0.4) is 0 Å². The molecule has 0 aliphatic carbocycles. The van der Waals surface area contributed by atoms with Crippen LogP contribution in [-0.2, 0) is 9.31 Å². The van der Waals surface area contributed by atoms with Crippen LogP contribution in [0.2, 0.25) is 0 Å². The second-order valence-corrected chi connectivity index (χ2v) is 5.70. The first-order valence-corrected chi connectivity index (χ1v) is 5.95. The Balaban J connectivity index is 2.32. The topological polar surface area (TPSA) is 44.5 Å². The minimum Gasteiger partial charge on any atom is -0.399 e.